The number of carbonyl (C=O) groups excluding carboxylic acids is 1. The third-order valence-corrected chi connectivity index (χ3v) is 10.8. The van der Waals surface area contributed by atoms with Gasteiger partial charge in [0, 0.05) is 17.7 Å². The summed E-state index contributed by atoms with van der Waals surface area (Å²) in [6, 6.07) is 46.4. The van der Waals surface area contributed by atoms with E-state index in [9.17, 15) is 4.79 Å². The number of aryl methyl sites for hydroxylation is 1. The second-order valence-corrected chi connectivity index (χ2v) is 15.3. The number of nitrogens with one attached hydrogen (secondary N) is 1. The first-order valence-electron chi connectivity index (χ1n) is 18.5. The van der Waals surface area contributed by atoms with Crippen molar-refractivity contribution in [1.29, 1.82) is 0 Å². The summed E-state index contributed by atoms with van der Waals surface area (Å²) < 4.78 is 26.0. The summed E-state index contributed by atoms with van der Waals surface area (Å²) in [5.41, 5.74) is 6.30. The zero-order valence-electron chi connectivity index (χ0n) is 31.7. The molecule has 6 nitrogen and oxygen atoms in total. The maximum absolute atomic E-state index is 14.4. The van der Waals surface area contributed by atoms with Crippen LogP contribution in [0.4, 0.5) is 0 Å². The molecule has 7 aromatic rings. The van der Waals surface area contributed by atoms with Crippen LogP contribution < -0.4 is 23.4 Å². The molecule has 0 aliphatic heterocycles. The molecule has 0 aromatic heterocycles. The van der Waals surface area contributed by atoms with E-state index in [-0.39, 0.29) is 20.9 Å². The second kappa shape index (κ2) is 17.4. The van der Waals surface area contributed by atoms with Gasteiger partial charge in [-0.05, 0) is 81.3 Å². The molecule has 1 amide bonds. The number of fused-ring (bicyclic) bond motifs is 2. The molecule has 0 radical (unpaired) electrons. The fourth-order valence-corrected chi connectivity index (χ4v) is 7.94. The second-order valence-electron chi connectivity index (χ2n) is 14.1. The number of benzene rings is 7. The Balaban J connectivity index is 1.36. The highest BCUT2D eigenvalue weighted by molar-refractivity contribution is 7.27. The topological polar surface area (TPSA) is 66.0 Å². The monoisotopic (exact) mass is 765 g/mol. The normalized spacial score (nSPS) is 11.7. The fourth-order valence-electron chi connectivity index (χ4n) is 6.75. The molecule has 2 unspecified atom stereocenters. The van der Waals surface area contributed by atoms with Gasteiger partial charge in [-0.2, -0.15) is 0 Å². The molecule has 7 aromatic carbocycles. The van der Waals surface area contributed by atoms with E-state index in [4.69, 9.17) is 18.1 Å². The van der Waals surface area contributed by atoms with Crippen LogP contribution in [-0.4, -0.2) is 5.91 Å². The third kappa shape index (κ3) is 8.62. The average Bonchev–Trinajstić information content (AvgIpc) is 3.20. The lowest BCUT2D eigenvalue weighted by atomic mass is 9.90. The van der Waals surface area contributed by atoms with Crippen LogP contribution in [0, 0.1) is 6.92 Å². The minimum atomic E-state index is -0.441. The third-order valence-electron chi connectivity index (χ3n) is 9.64. The number of para-hydroxylation sites is 2. The molecule has 55 heavy (non-hydrogen) atoms. The van der Waals surface area contributed by atoms with Crippen LogP contribution in [0.3, 0.4) is 0 Å². The van der Waals surface area contributed by atoms with Crippen molar-refractivity contribution >= 4 is 45.5 Å². The average molecular weight is 766 g/mol. The van der Waals surface area contributed by atoms with Gasteiger partial charge in [0.2, 0.25) is 0 Å². The van der Waals surface area contributed by atoms with Gasteiger partial charge in [0.05, 0.1) is 5.56 Å². The Bertz CT molecular complexity index is 2440. The molecule has 0 saturated carbocycles. The van der Waals surface area contributed by atoms with E-state index in [0.717, 1.165) is 66.4 Å². The van der Waals surface area contributed by atoms with Crippen molar-refractivity contribution in [3.05, 3.63) is 167 Å². The Kier molecular flexibility index (Phi) is 12.0. The molecule has 7 rings (SSSR count). The van der Waals surface area contributed by atoms with E-state index in [1.54, 1.807) is 0 Å². The molecule has 0 heterocycles. The van der Waals surface area contributed by atoms with Crippen molar-refractivity contribution in [2.45, 2.75) is 53.0 Å². The molecule has 0 spiro atoms. The number of hydrogen-bond acceptors (Lipinski definition) is 5. The van der Waals surface area contributed by atoms with Crippen molar-refractivity contribution in [3.63, 3.8) is 0 Å². The molecular formula is C47H45NO5P2. The predicted octanol–water partition coefficient (Wildman–Crippen LogP) is 13.1. The van der Waals surface area contributed by atoms with Gasteiger partial charge >= 0.3 is 0 Å². The van der Waals surface area contributed by atoms with Crippen LogP contribution >= 0.6 is 18.1 Å². The Labute approximate surface area is 327 Å². The minimum Gasteiger partial charge on any atom is -0.440 e. The Morgan fingerprint density at radius 2 is 1.09 bits per heavy atom. The number of carbonyl (C=O) groups is 1. The van der Waals surface area contributed by atoms with E-state index in [2.05, 4.69) is 69.4 Å². The van der Waals surface area contributed by atoms with Crippen LogP contribution in [0.5, 0.6) is 23.0 Å². The van der Waals surface area contributed by atoms with E-state index in [0.29, 0.717) is 29.5 Å². The smallest absolute Gasteiger partial charge is 0.275 e. The number of rotatable bonds is 14. The zero-order valence-corrected chi connectivity index (χ0v) is 33.7. The molecule has 2 atom stereocenters. The summed E-state index contributed by atoms with van der Waals surface area (Å²) in [5, 5.41) is 6.94. The molecule has 278 valence electrons. The number of hydrogen-bond donors (Lipinski definition) is 1. The van der Waals surface area contributed by atoms with Crippen LogP contribution in [0.25, 0.3) is 32.7 Å². The van der Waals surface area contributed by atoms with Crippen LogP contribution in [-0.2, 0) is 6.54 Å². The quantitative estimate of drug-likeness (QED) is 0.112. The Morgan fingerprint density at radius 3 is 1.73 bits per heavy atom. The molecule has 0 aliphatic carbocycles. The van der Waals surface area contributed by atoms with Gasteiger partial charge in [0.15, 0.2) is 0 Å². The summed E-state index contributed by atoms with van der Waals surface area (Å²) in [6.45, 7) is 11.0. The highest BCUT2D eigenvalue weighted by Crippen LogP contribution is 2.50. The largest absolute Gasteiger partial charge is 0.440 e. The predicted molar refractivity (Wildman–Crippen MR) is 229 cm³/mol. The lowest BCUT2D eigenvalue weighted by molar-refractivity contribution is 0.0949. The highest BCUT2D eigenvalue weighted by Gasteiger charge is 2.26. The standard InChI is InChI=1S/C47H45NO5P2/c1-30(2)36-16-10-12-20-41(36)50-54-52-43-27-26-34-14-6-8-18-38(34)44(43)45-39-19-9-7-15-35(39)28-40(47(49)48-29-33-24-22-32(5)23-25-33)46(45)53-55-51-42-21-13-11-17-37(42)31(3)4/h6-28,30-31,54-55H,29H2,1-5H3,(H,48,49). The van der Waals surface area contributed by atoms with Crippen LogP contribution in [0.1, 0.15) is 72.1 Å². The summed E-state index contributed by atoms with van der Waals surface area (Å²) >= 11 is 0. The van der Waals surface area contributed by atoms with Gasteiger partial charge in [-0.1, -0.05) is 149 Å². The van der Waals surface area contributed by atoms with E-state index in [1.807, 2.05) is 110 Å². The number of amides is 1. The van der Waals surface area contributed by atoms with Crippen molar-refractivity contribution in [2.75, 3.05) is 0 Å². The van der Waals surface area contributed by atoms with Crippen LogP contribution in [0.2, 0.25) is 0 Å². The summed E-state index contributed by atoms with van der Waals surface area (Å²) in [5.74, 6) is 2.85. The van der Waals surface area contributed by atoms with Crippen molar-refractivity contribution in [3.8, 4) is 34.1 Å². The van der Waals surface area contributed by atoms with E-state index >= 15 is 0 Å². The van der Waals surface area contributed by atoms with Crippen molar-refractivity contribution < 1.29 is 22.9 Å². The van der Waals surface area contributed by atoms with Gasteiger partial charge in [0.25, 0.3) is 24.0 Å². The van der Waals surface area contributed by atoms with Crippen LogP contribution in [0.15, 0.2) is 140 Å². The molecule has 0 fully saturated rings. The molecular weight excluding hydrogens is 720 g/mol. The fraction of sp³-hybridized carbons (Fsp3) is 0.170. The van der Waals surface area contributed by atoms with Gasteiger partial charge in [-0.15, -0.1) is 0 Å². The van der Waals surface area contributed by atoms with E-state index < -0.39 is 9.03 Å². The van der Waals surface area contributed by atoms with Crippen molar-refractivity contribution in [1.82, 2.24) is 5.32 Å². The van der Waals surface area contributed by atoms with Gasteiger partial charge in [-0.25, -0.2) is 0 Å². The molecule has 1 N–H and O–H groups in total. The summed E-state index contributed by atoms with van der Waals surface area (Å²) in [7, 11) is -0.768. The first-order valence-corrected chi connectivity index (χ1v) is 20.2. The molecule has 0 bridgehead atoms. The van der Waals surface area contributed by atoms with Gasteiger partial charge < -0.3 is 23.4 Å². The summed E-state index contributed by atoms with van der Waals surface area (Å²) in [4.78, 5) is 14.4. The van der Waals surface area contributed by atoms with Gasteiger partial charge in [0.1, 0.15) is 23.0 Å². The van der Waals surface area contributed by atoms with Gasteiger partial charge in [-0.3, -0.25) is 4.79 Å². The summed E-state index contributed by atoms with van der Waals surface area (Å²) in [6.07, 6.45) is 0. The van der Waals surface area contributed by atoms with E-state index in [1.165, 1.54) is 0 Å². The lowest BCUT2D eigenvalue weighted by Gasteiger charge is -2.22. The molecule has 8 heteroatoms. The van der Waals surface area contributed by atoms with Crippen molar-refractivity contribution in [2.24, 2.45) is 0 Å². The first-order chi connectivity index (χ1) is 26.8. The molecule has 0 saturated heterocycles. The maximum atomic E-state index is 14.4. The lowest BCUT2D eigenvalue weighted by Crippen LogP contribution is -2.23. The zero-order chi connectivity index (χ0) is 38.3. The molecule has 0 aliphatic rings. The first kappa shape index (κ1) is 37.9. The maximum Gasteiger partial charge on any atom is 0.275 e. The highest BCUT2D eigenvalue weighted by atomic mass is 31.1. The SMILES string of the molecule is Cc1ccc(CNC(=O)c2cc3ccccc3c(-c3c(OPOc4ccccc4C(C)C)ccc4ccccc34)c2OPOc2ccccc2C(C)C)cc1. The Morgan fingerprint density at radius 1 is 0.564 bits per heavy atom. The Hall–Kier alpha value is -5.41. The minimum absolute atomic E-state index is 0.256.